The number of benzene rings is 1. The Morgan fingerprint density at radius 3 is 2.53 bits per heavy atom. The van der Waals surface area contributed by atoms with Crippen molar-refractivity contribution in [2.24, 2.45) is 5.73 Å². The molecule has 3 heteroatoms. The molecule has 94 valence electrons. The number of nitrogens with zero attached hydrogens (tertiary/aromatic N) is 1. The summed E-state index contributed by atoms with van der Waals surface area (Å²) in [5.41, 5.74) is 8.19. The van der Waals surface area contributed by atoms with Gasteiger partial charge in [0.05, 0.1) is 0 Å². The average Bonchev–Trinajstić information content (AvgIpc) is 2.24. The van der Waals surface area contributed by atoms with Crippen molar-refractivity contribution in [2.75, 3.05) is 25.5 Å². The highest BCUT2D eigenvalue weighted by Crippen LogP contribution is 2.49. The molecule has 1 saturated carbocycles. The van der Waals surface area contributed by atoms with Crippen LogP contribution in [0.4, 0.5) is 10.1 Å². The van der Waals surface area contributed by atoms with E-state index < -0.39 is 0 Å². The van der Waals surface area contributed by atoms with Crippen molar-refractivity contribution in [1.82, 2.24) is 0 Å². The van der Waals surface area contributed by atoms with Crippen LogP contribution in [-0.4, -0.2) is 20.6 Å². The summed E-state index contributed by atoms with van der Waals surface area (Å²) in [6.07, 6.45) is 4.61. The Labute approximate surface area is 103 Å². The highest BCUT2D eigenvalue weighted by atomic mass is 19.1. The highest BCUT2D eigenvalue weighted by molar-refractivity contribution is 5.57. The average molecular weight is 236 g/mol. The van der Waals surface area contributed by atoms with Crippen molar-refractivity contribution in [1.29, 1.82) is 0 Å². The van der Waals surface area contributed by atoms with Gasteiger partial charge < -0.3 is 10.6 Å². The fourth-order valence-electron chi connectivity index (χ4n) is 2.86. The minimum absolute atomic E-state index is 0.167. The lowest BCUT2D eigenvalue weighted by Gasteiger charge is -2.44. The van der Waals surface area contributed by atoms with Crippen molar-refractivity contribution in [3.8, 4) is 0 Å². The topological polar surface area (TPSA) is 29.3 Å². The third kappa shape index (κ3) is 2.16. The van der Waals surface area contributed by atoms with Crippen LogP contribution in [0.2, 0.25) is 0 Å². The minimum atomic E-state index is -0.167. The lowest BCUT2D eigenvalue weighted by atomic mass is 9.62. The molecule has 0 amide bonds. The molecular formula is C14H21FN2. The van der Waals surface area contributed by atoms with E-state index in [0.29, 0.717) is 6.54 Å². The van der Waals surface area contributed by atoms with E-state index in [2.05, 4.69) is 0 Å². The fourth-order valence-corrected chi connectivity index (χ4v) is 2.86. The summed E-state index contributed by atoms with van der Waals surface area (Å²) in [5, 5.41) is 0. The number of hydrogen-bond acceptors (Lipinski definition) is 2. The first-order chi connectivity index (χ1) is 8.09. The number of hydrogen-bond donors (Lipinski definition) is 1. The zero-order chi connectivity index (χ0) is 12.5. The normalized spacial score (nSPS) is 17.6. The van der Waals surface area contributed by atoms with Gasteiger partial charge in [0.1, 0.15) is 5.82 Å². The van der Waals surface area contributed by atoms with Crippen LogP contribution < -0.4 is 10.6 Å². The van der Waals surface area contributed by atoms with E-state index in [1.807, 2.05) is 25.1 Å². The van der Waals surface area contributed by atoms with E-state index in [4.69, 9.17) is 5.73 Å². The van der Waals surface area contributed by atoms with Gasteiger partial charge in [0, 0.05) is 19.8 Å². The molecule has 2 nitrogen and oxygen atoms in total. The second-order valence-corrected chi connectivity index (χ2v) is 5.23. The lowest BCUT2D eigenvalue weighted by Crippen LogP contribution is -2.37. The predicted octanol–water partition coefficient (Wildman–Crippen LogP) is 2.66. The number of halogens is 1. The summed E-state index contributed by atoms with van der Waals surface area (Å²) in [6.45, 7) is 0.699. The summed E-state index contributed by atoms with van der Waals surface area (Å²) in [7, 11) is 3.93. The Hall–Kier alpha value is -1.09. The van der Waals surface area contributed by atoms with Crippen LogP contribution >= 0.6 is 0 Å². The molecule has 0 aliphatic heterocycles. The van der Waals surface area contributed by atoms with Crippen LogP contribution in [0.15, 0.2) is 18.2 Å². The number of nitrogens with two attached hydrogens (primary N) is 1. The van der Waals surface area contributed by atoms with Gasteiger partial charge in [-0.2, -0.15) is 0 Å². The molecule has 1 fully saturated rings. The monoisotopic (exact) mass is 236 g/mol. The zero-order valence-corrected chi connectivity index (χ0v) is 10.7. The van der Waals surface area contributed by atoms with Gasteiger partial charge >= 0.3 is 0 Å². The van der Waals surface area contributed by atoms with Crippen LogP contribution in [0.25, 0.3) is 0 Å². The van der Waals surface area contributed by atoms with E-state index in [0.717, 1.165) is 12.1 Å². The molecule has 0 atom stereocenters. The second-order valence-electron chi connectivity index (χ2n) is 5.23. The summed E-state index contributed by atoms with van der Waals surface area (Å²) in [5.74, 6) is -0.167. The van der Waals surface area contributed by atoms with E-state index >= 15 is 0 Å². The van der Waals surface area contributed by atoms with E-state index in [-0.39, 0.29) is 11.2 Å². The van der Waals surface area contributed by atoms with Crippen molar-refractivity contribution < 1.29 is 4.39 Å². The zero-order valence-electron chi connectivity index (χ0n) is 10.7. The molecular weight excluding hydrogens is 215 g/mol. The maximum atomic E-state index is 13.4. The van der Waals surface area contributed by atoms with Crippen molar-refractivity contribution in [2.45, 2.75) is 31.1 Å². The predicted molar refractivity (Wildman–Crippen MR) is 69.9 cm³/mol. The molecule has 0 spiro atoms. The molecule has 1 aromatic rings. The molecule has 17 heavy (non-hydrogen) atoms. The van der Waals surface area contributed by atoms with Crippen molar-refractivity contribution in [3.05, 3.63) is 29.6 Å². The van der Waals surface area contributed by atoms with Crippen molar-refractivity contribution in [3.63, 3.8) is 0 Å². The molecule has 2 rings (SSSR count). The van der Waals surface area contributed by atoms with Gasteiger partial charge in [-0.15, -0.1) is 0 Å². The summed E-state index contributed by atoms with van der Waals surface area (Å²) in [4.78, 5) is 2.00. The standard InChI is InChI=1S/C14H21FN2/c1-17(2)13-10-11(15)4-5-12(13)14(8-9-16)6-3-7-14/h4-5,10H,3,6-9,16H2,1-2H3. The fraction of sp³-hybridized carbons (Fsp3) is 0.571. The van der Waals surface area contributed by atoms with E-state index in [9.17, 15) is 4.39 Å². The smallest absolute Gasteiger partial charge is 0.125 e. The van der Waals surface area contributed by atoms with Crippen LogP contribution in [0.3, 0.4) is 0 Å². The Balaban J connectivity index is 2.43. The third-order valence-corrected chi connectivity index (χ3v) is 3.95. The first kappa shape index (κ1) is 12.4. The van der Waals surface area contributed by atoms with Crippen LogP contribution in [0.1, 0.15) is 31.2 Å². The Kier molecular flexibility index (Phi) is 3.38. The van der Waals surface area contributed by atoms with E-state index in [1.54, 1.807) is 12.1 Å². The van der Waals surface area contributed by atoms with Gasteiger partial charge in [-0.05, 0) is 48.9 Å². The molecule has 0 heterocycles. The summed E-state index contributed by atoms with van der Waals surface area (Å²) >= 11 is 0. The van der Waals surface area contributed by atoms with Crippen LogP contribution in [0, 0.1) is 5.82 Å². The number of rotatable bonds is 4. The van der Waals surface area contributed by atoms with Gasteiger partial charge in [-0.1, -0.05) is 12.5 Å². The Morgan fingerprint density at radius 2 is 2.06 bits per heavy atom. The molecule has 0 radical (unpaired) electrons. The molecule has 2 N–H and O–H groups in total. The highest BCUT2D eigenvalue weighted by Gasteiger charge is 2.39. The molecule has 1 aromatic carbocycles. The molecule has 1 aliphatic carbocycles. The Morgan fingerprint density at radius 1 is 1.35 bits per heavy atom. The quantitative estimate of drug-likeness (QED) is 0.871. The minimum Gasteiger partial charge on any atom is -0.377 e. The molecule has 0 bridgehead atoms. The molecule has 0 unspecified atom stereocenters. The van der Waals surface area contributed by atoms with Gasteiger partial charge in [0.2, 0.25) is 0 Å². The molecule has 0 saturated heterocycles. The summed E-state index contributed by atoms with van der Waals surface area (Å²) in [6, 6.07) is 5.14. The maximum Gasteiger partial charge on any atom is 0.125 e. The van der Waals surface area contributed by atoms with Gasteiger partial charge in [0.15, 0.2) is 0 Å². The summed E-state index contributed by atoms with van der Waals surface area (Å²) < 4.78 is 13.4. The third-order valence-electron chi connectivity index (χ3n) is 3.95. The molecule has 0 aromatic heterocycles. The molecule has 1 aliphatic rings. The maximum absolute atomic E-state index is 13.4. The van der Waals surface area contributed by atoms with Gasteiger partial charge in [-0.25, -0.2) is 4.39 Å². The second kappa shape index (κ2) is 4.65. The largest absolute Gasteiger partial charge is 0.377 e. The van der Waals surface area contributed by atoms with Gasteiger partial charge in [-0.3, -0.25) is 0 Å². The first-order valence-corrected chi connectivity index (χ1v) is 6.26. The Bertz CT molecular complexity index is 397. The van der Waals surface area contributed by atoms with Crippen molar-refractivity contribution >= 4 is 5.69 Å². The number of anilines is 1. The SMILES string of the molecule is CN(C)c1cc(F)ccc1C1(CCN)CCC1. The van der Waals surface area contributed by atoms with E-state index in [1.165, 1.54) is 24.8 Å². The van der Waals surface area contributed by atoms with Crippen LogP contribution in [0.5, 0.6) is 0 Å². The van der Waals surface area contributed by atoms with Gasteiger partial charge in [0.25, 0.3) is 0 Å². The lowest BCUT2D eigenvalue weighted by molar-refractivity contribution is 0.230. The van der Waals surface area contributed by atoms with Crippen LogP contribution in [-0.2, 0) is 5.41 Å². The first-order valence-electron chi connectivity index (χ1n) is 6.26.